The zero-order valence-corrected chi connectivity index (χ0v) is 10.2. The Hall–Kier alpha value is -2.00. The van der Waals surface area contributed by atoms with Crippen molar-refractivity contribution in [3.8, 4) is 12.1 Å². The van der Waals surface area contributed by atoms with Crippen LogP contribution in [0.2, 0.25) is 0 Å². The summed E-state index contributed by atoms with van der Waals surface area (Å²) in [5.41, 5.74) is 1.09. The Morgan fingerprint density at radius 1 is 1.53 bits per heavy atom. The van der Waals surface area contributed by atoms with Crippen molar-refractivity contribution in [3.05, 3.63) is 35.6 Å². The second-order valence-electron chi connectivity index (χ2n) is 4.44. The Morgan fingerprint density at radius 3 is 2.76 bits per heavy atom. The van der Waals surface area contributed by atoms with Gasteiger partial charge in [-0.2, -0.15) is 10.5 Å². The maximum Gasteiger partial charge on any atom is 0.0988 e. The fourth-order valence-electron chi connectivity index (χ4n) is 1.57. The standard InChI is InChI=1S/C14H16N2O/c1-10(2)9-17-11(3)14-5-4-12(7-15)6-13(14)8-16/h4,6,10,14H,3,5,9H2,1-2H3/t14-/m1/s1. The van der Waals surface area contributed by atoms with Crippen molar-refractivity contribution in [2.75, 3.05) is 6.61 Å². The van der Waals surface area contributed by atoms with Gasteiger partial charge in [0, 0.05) is 11.1 Å². The van der Waals surface area contributed by atoms with Gasteiger partial charge in [0.05, 0.1) is 30.4 Å². The molecular formula is C14H16N2O. The summed E-state index contributed by atoms with van der Waals surface area (Å²) in [6.45, 7) is 8.59. The summed E-state index contributed by atoms with van der Waals surface area (Å²) in [6, 6.07) is 4.16. The van der Waals surface area contributed by atoms with Crippen molar-refractivity contribution in [1.82, 2.24) is 0 Å². The molecule has 3 nitrogen and oxygen atoms in total. The van der Waals surface area contributed by atoms with Crippen LogP contribution in [-0.4, -0.2) is 6.61 Å². The fourth-order valence-corrected chi connectivity index (χ4v) is 1.57. The molecule has 0 aromatic heterocycles. The van der Waals surface area contributed by atoms with Crippen molar-refractivity contribution >= 4 is 0 Å². The lowest BCUT2D eigenvalue weighted by atomic mass is 9.88. The summed E-state index contributed by atoms with van der Waals surface area (Å²) in [5, 5.41) is 17.8. The molecule has 1 rings (SSSR count). The van der Waals surface area contributed by atoms with E-state index < -0.39 is 0 Å². The molecule has 0 aliphatic heterocycles. The van der Waals surface area contributed by atoms with Crippen molar-refractivity contribution in [1.29, 1.82) is 10.5 Å². The maximum atomic E-state index is 9.05. The highest BCUT2D eigenvalue weighted by Gasteiger charge is 2.22. The lowest BCUT2D eigenvalue weighted by molar-refractivity contribution is 0.159. The average molecular weight is 228 g/mol. The predicted octanol–water partition coefficient (Wildman–Crippen LogP) is 3.09. The summed E-state index contributed by atoms with van der Waals surface area (Å²) in [5.74, 6) is 0.922. The van der Waals surface area contributed by atoms with Crippen LogP contribution in [0.15, 0.2) is 35.6 Å². The van der Waals surface area contributed by atoms with Crippen LogP contribution in [0.3, 0.4) is 0 Å². The first-order valence-electron chi connectivity index (χ1n) is 5.62. The lowest BCUT2D eigenvalue weighted by Crippen LogP contribution is -2.13. The van der Waals surface area contributed by atoms with E-state index in [2.05, 4.69) is 26.5 Å². The van der Waals surface area contributed by atoms with Crippen LogP contribution in [-0.2, 0) is 4.74 Å². The van der Waals surface area contributed by atoms with Crippen LogP contribution in [0.1, 0.15) is 20.3 Å². The molecule has 0 bridgehead atoms. The highest BCUT2D eigenvalue weighted by atomic mass is 16.5. The van der Waals surface area contributed by atoms with Gasteiger partial charge < -0.3 is 4.74 Å². The zero-order chi connectivity index (χ0) is 12.8. The van der Waals surface area contributed by atoms with Gasteiger partial charge in [-0.05, 0) is 18.4 Å². The van der Waals surface area contributed by atoms with Crippen molar-refractivity contribution in [3.63, 3.8) is 0 Å². The van der Waals surface area contributed by atoms with E-state index in [0.29, 0.717) is 35.9 Å². The van der Waals surface area contributed by atoms with E-state index in [-0.39, 0.29) is 5.92 Å². The van der Waals surface area contributed by atoms with E-state index in [9.17, 15) is 0 Å². The van der Waals surface area contributed by atoms with Crippen molar-refractivity contribution < 1.29 is 4.74 Å². The second kappa shape index (κ2) is 5.92. The van der Waals surface area contributed by atoms with Crippen LogP contribution in [0.25, 0.3) is 0 Å². The average Bonchev–Trinajstić information content (AvgIpc) is 2.34. The third-order valence-corrected chi connectivity index (χ3v) is 2.51. The summed E-state index contributed by atoms with van der Waals surface area (Å²) in [7, 11) is 0. The lowest BCUT2D eigenvalue weighted by Gasteiger charge is -2.21. The van der Waals surface area contributed by atoms with Gasteiger partial charge in [-0.1, -0.05) is 26.5 Å². The van der Waals surface area contributed by atoms with Gasteiger partial charge in [0.25, 0.3) is 0 Å². The summed E-state index contributed by atoms with van der Waals surface area (Å²) in [4.78, 5) is 0. The molecule has 3 heteroatoms. The zero-order valence-electron chi connectivity index (χ0n) is 10.2. The van der Waals surface area contributed by atoms with Crippen molar-refractivity contribution in [2.24, 2.45) is 11.8 Å². The van der Waals surface area contributed by atoms with Crippen LogP contribution in [0, 0.1) is 34.5 Å². The molecule has 0 aromatic carbocycles. The van der Waals surface area contributed by atoms with Gasteiger partial charge >= 0.3 is 0 Å². The molecule has 0 N–H and O–H groups in total. The molecule has 0 amide bonds. The number of nitriles is 2. The largest absolute Gasteiger partial charge is 0.498 e. The molecule has 1 aliphatic carbocycles. The number of allylic oxidation sites excluding steroid dienone is 4. The topological polar surface area (TPSA) is 56.8 Å². The molecule has 1 aliphatic rings. The molecular weight excluding hydrogens is 212 g/mol. The van der Waals surface area contributed by atoms with E-state index in [1.54, 1.807) is 6.08 Å². The SMILES string of the molecule is C=C(OCC(C)C)[C@H]1CC=C(C#N)C=C1C#N. The Kier molecular flexibility index (Phi) is 4.55. The number of hydrogen-bond donors (Lipinski definition) is 0. The van der Waals surface area contributed by atoms with Gasteiger partial charge in [-0.25, -0.2) is 0 Å². The molecule has 88 valence electrons. The molecule has 0 saturated carbocycles. The first-order valence-corrected chi connectivity index (χ1v) is 5.62. The fraction of sp³-hybridized carbons (Fsp3) is 0.429. The van der Waals surface area contributed by atoms with Crippen LogP contribution >= 0.6 is 0 Å². The van der Waals surface area contributed by atoms with E-state index in [1.165, 1.54) is 0 Å². The van der Waals surface area contributed by atoms with Crippen LogP contribution in [0.5, 0.6) is 0 Å². The van der Waals surface area contributed by atoms with E-state index in [4.69, 9.17) is 15.3 Å². The third-order valence-electron chi connectivity index (χ3n) is 2.51. The Labute approximate surface area is 102 Å². The minimum absolute atomic E-state index is 0.115. The van der Waals surface area contributed by atoms with Crippen LogP contribution < -0.4 is 0 Å². The van der Waals surface area contributed by atoms with Gasteiger partial charge in [0.1, 0.15) is 0 Å². The second-order valence-corrected chi connectivity index (χ2v) is 4.44. The van der Waals surface area contributed by atoms with Crippen LogP contribution in [0.4, 0.5) is 0 Å². The molecule has 0 aromatic rings. The van der Waals surface area contributed by atoms with Gasteiger partial charge in [-0.3, -0.25) is 0 Å². The normalized spacial score (nSPS) is 18.8. The monoisotopic (exact) mass is 228 g/mol. The van der Waals surface area contributed by atoms with E-state index in [1.807, 2.05) is 12.1 Å². The van der Waals surface area contributed by atoms with Gasteiger partial charge in [0.15, 0.2) is 0 Å². The summed E-state index contributed by atoms with van der Waals surface area (Å²) in [6.07, 6.45) is 4.03. The number of hydrogen-bond acceptors (Lipinski definition) is 3. The molecule has 0 unspecified atom stereocenters. The van der Waals surface area contributed by atoms with E-state index in [0.717, 1.165) is 0 Å². The molecule has 0 spiro atoms. The summed E-state index contributed by atoms with van der Waals surface area (Å²) >= 11 is 0. The molecule has 17 heavy (non-hydrogen) atoms. The quantitative estimate of drug-likeness (QED) is 0.695. The molecule has 0 radical (unpaired) electrons. The predicted molar refractivity (Wildman–Crippen MR) is 65.4 cm³/mol. The Morgan fingerprint density at radius 2 is 2.24 bits per heavy atom. The molecule has 1 atom stereocenters. The molecule has 0 heterocycles. The first-order chi connectivity index (χ1) is 8.08. The Bertz CT molecular complexity index is 444. The number of ether oxygens (including phenoxy) is 1. The molecule has 0 fully saturated rings. The summed E-state index contributed by atoms with van der Waals surface area (Å²) < 4.78 is 5.55. The smallest absolute Gasteiger partial charge is 0.0988 e. The Balaban J connectivity index is 2.72. The number of nitrogens with zero attached hydrogens (tertiary/aromatic N) is 2. The highest BCUT2D eigenvalue weighted by molar-refractivity contribution is 5.46. The molecule has 0 saturated heterocycles. The van der Waals surface area contributed by atoms with Gasteiger partial charge in [-0.15, -0.1) is 0 Å². The third kappa shape index (κ3) is 3.50. The minimum Gasteiger partial charge on any atom is -0.498 e. The maximum absolute atomic E-state index is 9.05. The highest BCUT2D eigenvalue weighted by Crippen LogP contribution is 2.29. The number of rotatable bonds is 4. The first kappa shape index (κ1) is 13.1. The van der Waals surface area contributed by atoms with Gasteiger partial charge in [0.2, 0.25) is 0 Å². The van der Waals surface area contributed by atoms with E-state index >= 15 is 0 Å². The minimum atomic E-state index is -0.115. The van der Waals surface area contributed by atoms with Crippen molar-refractivity contribution in [2.45, 2.75) is 20.3 Å².